The molecule has 1 fully saturated rings. The Morgan fingerprint density at radius 2 is 2.00 bits per heavy atom. The van der Waals surface area contributed by atoms with Gasteiger partial charge in [0.2, 0.25) is 5.91 Å². The fourth-order valence-corrected chi connectivity index (χ4v) is 1.89. The van der Waals surface area contributed by atoms with Gasteiger partial charge in [0.1, 0.15) is 6.61 Å². The zero-order valence-electron chi connectivity index (χ0n) is 12.0. The molecule has 0 bridgehead atoms. The number of carbonyl (C=O) groups excluding carboxylic acids is 1. The van der Waals surface area contributed by atoms with Crippen molar-refractivity contribution in [3.63, 3.8) is 0 Å². The second kappa shape index (κ2) is 7.07. The minimum absolute atomic E-state index is 0.0444. The third-order valence-corrected chi connectivity index (χ3v) is 3.13. The van der Waals surface area contributed by atoms with E-state index in [1.165, 1.54) is 0 Å². The average Bonchev–Trinajstić information content (AvgIpc) is 2.35. The molecule has 18 heavy (non-hydrogen) atoms. The molecule has 1 N–H and O–H groups in total. The van der Waals surface area contributed by atoms with E-state index in [2.05, 4.69) is 24.1 Å². The second-order valence-corrected chi connectivity index (χ2v) is 5.55. The summed E-state index contributed by atoms with van der Waals surface area (Å²) in [6.07, 6.45) is 0.0861. The number of nitrogens with zero attached hydrogens (tertiary/aromatic N) is 1. The number of hydrogen-bond acceptors (Lipinski definition) is 4. The zero-order chi connectivity index (χ0) is 13.6. The quantitative estimate of drug-likeness (QED) is 0.759. The molecule has 1 saturated heterocycles. The van der Waals surface area contributed by atoms with Gasteiger partial charge in [0.15, 0.2) is 0 Å². The van der Waals surface area contributed by atoms with Crippen LogP contribution in [0, 0.1) is 0 Å². The first-order valence-corrected chi connectivity index (χ1v) is 6.63. The summed E-state index contributed by atoms with van der Waals surface area (Å²) in [5, 5.41) is 2.93. The lowest BCUT2D eigenvalue weighted by Crippen LogP contribution is -2.55. The summed E-state index contributed by atoms with van der Waals surface area (Å²) in [4.78, 5) is 13.9. The van der Waals surface area contributed by atoms with Crippen LogP contribution in [0.15, 0.2) is 0 Å². The zero-order valence-corrected chi connectivity index (χ0v) is 12.0. The SMILES string of the molecule is CC(C)OCC(=O)NCC(C)(C)N1CCOCC1. The van der Waals surface area contributed by atoms with Gasteiger partial charge in [-0.3, -0.25) is 9.69 Å². The number of nitrogens with one attached hydrogen (secondary N) is 1. The van der Waals surface area contributed by atoms with Gasteiger partial charge in [-0.1, -0.05) is 0 Å². The molecule has 1 aliphatic heterocycles. The monoisotopic (exact) mass is 258 g/mol. The Balaban J connectivity index is 2.29. The van der Waals surface area contributed by atoms with Gasteiger partial charge in [0.05, 0.1) is 19.3 Å². The number of hydrogen-bond donors (Lipinski definition) is 1. The molecule has 1 rings (SSSR count). The number of rotatable bonds is 6. The van der Waals surface area contributed by atoms with Crippen molar-refractivity contribution in [3.8, 4) is 0 Å². The van der Waals surface area contributed by atoms with E-state index in [4.69, 9.17) is 9.47 Å². The fraction of sp³-hybridized carbons (Fsp3) is 0.923. The first-order valence-electron chi connectivity index (χ1n) is 6.63. The maximum atomic E-state index is 11.6. The van der Waals surface area contributed by atoms with Crippen molar-refractivity contribution in [3.05, 3.63) is 0 Å². The van der Waals surface area contributed by atoms with E-state index < -0.39 is 0 Å². The minimum Gasteiger partial charge on any atom is -0.379 e. The highest BCUT2D eigenvalue weighted by Gasteiger charge is 2.28. The maximum Gasteiger partial charge on any atom is 0.246 e. The molecule has 0 radical (unpaired) electrons. The highest BCUT2D eigenvalue weighted by Crippen LogP contribution is 2.14. The number of amides is 1. The van der Waals surface area contributed by atoms with E-state index >= 15 is 0 Å². The van der Waals surface area contributed by atoms with Crippen LogP contribution in [0.25, 0.3) is 0 Å². The van der Waals surface area contributed by atoms with Crippen molar-refractivity contribution in [2.24, 2.45) is 0 Å². The molecule has 5 nitrogen and oxygen atoms in total. The van der Waals surface area contributed by atoms with Gasteiger partial charge in [-0.2, -0.15) is 0 Å². The van der Waals surface area contributed by atoms with Crippen LogP contribution in [0.5, 0.6) is 0 Å². The Bertz CT molecular complexity index is 261. The molecule has 0 saturated carbocycles. The van der Waals surface area contributed by atoms with Crippen LogP contribution < -0.4 is 5.32 Å². The van der Waals surface area contributed by atoms with Crippen molar-refractivity contribution < 1.29 is 14.3 Å². The summed E-state index contributed by atoms with van der Waals surface area (Å²) in [6.45, 7) is 12.3. The lowest BCUT2D eigenvalue weighted by Gasteiger charge is -2.40. The Morgan fingerprint density at radius 1 is 1.39 bits per heavy atom. The molecule has 0 unspecified atom stereocenters. The molecule has 1 amide bonds. The Kier molecular flexibility index (Phi) is 6.05. The fourth-order valence-electron chi connectivity index (χ4n) is 1.89. The summed E-state index contributed by atoms with van der Waals surface area (Å²) in [7, 11) is 0. The molecule has 5 heteroatoms. The van der Waals surface area contributed by atoms with E-state index in [0.717, 1.165) is 26.3 Å². The van der Waals surface area contributed by atoms with Crippen LogP contribution in [0.1, 0.15) is 27.7 Å². The van der Waals surface area contributed by atoms with E-state index in [9.17, 15) is 4.79 Å². The summed E-state index contributed by atoms with van der Waals surface area (Å²) in [5.41, 5.74) is -0.0444. The predicted molar refractivity (Wildman–Crippen MR) is 70.6 cm³/mol. The van der Waals surface area contributed by atoms with Gasteiger partial charge in [-0.25, -0.2) is 0 Å². The molecular weight excluding hydrogens is 232 g/mol. The minimum atomic E-state index is -0.0509. The highest BCUT2D eigenvalue weighted by atomic mass is 16.5. The average molecular weight is 258 g/mol. The normalized spacial score (nSPS) is 18.1. The van der Waals surface area contributed by atoms with Gasteiger partial charge in [-0.05, 0) is 27.7 Å². The third kappa shape index (κ3) is 5.33. The van der Waals surface area contributed by atoms with Crippen LogP contribution in [-0.2, 0) is 14.3 Å². The van der Waals surface area contributed by atoms with E-state index in [0.29, 0.717) is 6.54 Å². The van der Waals surface area contributed by atoms with Gasteiger partial charge >= 0.3 is 0 Å². The molecule has 0 aromatic carbocycles. The largest absolute Gasteiger partial charge is 0.379 e. The van der Waals surface area contributed by atoms with Gasteiger partial charge < -0.3 is 14.8 Å². The third-order valence-electron chi connectivity index (χ3n) is 3.13. The Labute approximate surface area is 110 Å². The van der Waals surface area contributed by atoms with Crippen molar-refractivity contribution in [2.75, 3.05) is 39.5 Å². The van der Waals surface area contributed by atoms with Gasteiger partial charge in [-0.15, -0.1) is 0 Å². The Hall–Kier alpha value is -0.650. The van der Waals surface area contributed by atoms with Gasteiger partial charge in [0.25, 0.3) is 0 Å². The molecule has 0 aliphatic carbocycles. The molecule has 0 aromatic rings. The van der Waals surface area contributed by atoms with E-state index in [1.807, 2.05) is 13.8 Å². The van der Waals surface area contributed by atoms with Crippen molar-refractivity contribution in [1.29, 1.82) is 0 Å². The number of carbonyl (C=O) groups is 1. The molecule has 0 spiro atoms. The standard InChI is InChI=1S/C13H26N2O3/c1-11(2)18-9-12(16)14-10-13(3,4)15-5-7-17-8-6-15/h11H,5-10H2,1-4H3,(H,14,16). The lowest BCUT2D eigenvalue weighted by atomic mass is 10.0. The van der Waals surface area contributed by atoms with Crippen LogP contribution in [0.3, 0.4) is 0 Å². The highest BCUT2D eigenvalue weighted by molar-refractivity contribution is 5.77. The first-order chi connectivity index (χ1) is 8.42. The topological polar surface area (TPSA) is 50.8 Å². The summed E-state index contributed by atoms with van der Waals surface area (Å²) < 4.78 is 10.6. The summed E-state index contributed by atoms with van der Waals surface area (Å²) in [5.74, 6) is -0.0509. The van der Waals surface area contributed by atoms with Crippen molar-refractivity contribution >= 4 is 5.91 Å². The molecule has 1 heterocycles. The molecule has 0 aromatic heterocycles. The maximum absolute atomic E-state index is 11.6. The predicted octanol–water partition coefficient (Wildman–Crippen LogP) is 0.638. The van der Waals surface area contributed by atoms with Crippen LogP contribution in [-0.4, -0.2) is 61.9 Å². The second-order valence-electron chi connectivity index (χ2n) is 5.55. The molecular formula is C13H26N2O3. The lowest BCUT2D eigenvalue weighted by molar-refractivity contribution is -0.127. The van der Waals surface area contributed by atoms with Crippen molar-refractivity contribution in [1.82, 2.24) is 10.2 Å². The number of ether oxygens (including phenoxy) is 2. The molecule has 106 valence electrons. The molecule has 1 aliphatic rings. The van der Waals surface area contributed by atoms with Gasteiger partial charge in [0, 0.05) is 25.2 Å². The van der Waals surface area contributed by atoms with Crippen LogP contribution in [0.2, 0.25) is 0 Å². The van der Waals surface area contributed by atoms with Crippen LogP contribution >= 0.6 is 0 Å². The summed E-state index contributed by atoms with van der Waals surface area (Å²) >= 11 is 0. The van der Waals surface area contributed by atoms with E-state index in [-0.39, 0.29) is 24.2 Å². The molecule has 0 atom stereocenters. The Morgan fingerprint density at radius 3 is 2.56 bits per heavy atom. The number of morpholine rings is 1. The van der Waals surface area contributed by atoms with Crippen LogP contribution in [0.4, 0.5) is 0 Å². The summed E-state index contributed by atoms with van der Waals surface area (Å²) in [6, 6.07) is 0. The van der Waals surface area contributed by atoms with Crippen molar-refractivity contribution in [2.45, 2.75) is 39.3 Å². The van der Waals surface area contributed by atoms with E-state index in [1.54, 1.807) is 0 Å². The smallest absolute Gasteiger partial charge is 0.246 e. The first kappa shape index (κ1) is 15.4.